The first-order valence-corrected chi connectivity index (χ1v) is 8.07. The molecule has 2 aromatic rings. The van der Waals surface area contributed by atoms with Gasteiger partial charge in [0, 0.05) is 13.1 Å². The molecule has 0 saturated carbocycles. The van der Waals surface area contributed by atoms with Crippen LogP contribution in [0.2, 0.25) is 0 Å². The van der Waals surface area contributed by atoms with Crippen LogP contribution in [0.15, 0.2) is 36.4 Å². The van der Waals surface area contributed by atoms with Crippen LogP contribution in [0.1, 0.15) is 24.0 Å². The van der Waals surface area contributed by atoms with Gasteiger partial charge in [0.15, 0.2) is 0 Å². The maximum absolute atomic E-state index is 3.57. The lowest BCUT2D eigenvalue weighted by molar-refractivity contribution is 0.567. The highest BCUT2D eigenvalue weighted by Gasteiger charge is 2.05. The molecule has 21 heavy (non-hydrogen) atoms. The third-order valence-corrected chi connectivity index (χ3v) is 4.15. The minimum Gasteiger partial charge on any atom is -0.317 e. The molecule has 3 rings (SSSR count). The average Bonchev–Trinajstić information content (AvgIpc) is 2.54. The summed E-state index contributed by atoms with van der Waals surface area (Å²) in [6.07, 6.45) is 2.37. The Bertz CT molecular complexity index is 529. The number of hydrogen-bond donors (Lipinski definition) is 3. The highest BCUT2D eigenvalue weighted by atomic mass is 14.9. The van der Waals surface area contributed by atoms with Crippen molar-refractivity contribution >= 4 is 10.8 Å². The lowest BCUT2D eigenvalue weighted by Gasteiger charge is -2.12. The number of hydrogen-bond acceptors (Lipinski definition) is 3. The van der Waals surface area contributed by atoms with Crippen LogP contribution in [-0.4, -0.2) is 26.2 Å². The molecule has 0 aliphatic carbocycles. The van der Waals surface area contributed by atoms with Crippen LogP contribution < -0.4 is 16.0 Å². The Kier molecular flexibility index (Phi) is 5.22. The summed E-state index contributed by atoms with van der Waals surface area (Å²) < 4.78 is 0. The molecule has 0 aromatic heterocycles. The maximum atomic E-state index is 3.57. The van der Waals surface area contributed by atoms with Crippen LogP contribution in [0.4, 0.5) is 0 Å². The van der Waals surface area contributed by atoms with Gasteiger partial charge in [-0.2, -0.15) is 0 Å². The molecule has 1 aliphatic rings. The van der Waals surface area contributed by atoms with Crippen LogP contribution in [0, 0.1) is 0 Å². The van der Waals surface area contributed by atoms with Gasteiger partial charge in [0.05, 0.1) is 0 Å². The van der Waals surface area contributed by atoms with Gasteiger partial charge in [0.2, 0.25) is 0 Å². The summed E-state index contributed by atoms with van der Waals surface area (Å²) in [5.74, 6) is 0. The minimum atomic E-state index is 0.953. The second kappa shape index (κ2) is 7.55. The van der Waals surface area contributed by atoms with Gasteiger partial charge < -0.3 is 16.0 Å². The summed E-state index contributed by atoms with van der Waals surface area (Å²) in [7, 11) is 0. The van der Waals surface area contributed by atoms with Crippen molar-refractivity contribution in [1.29, 1.82) is 0 Å². The van der Waals surface area contributed by atoms with Gasteiger partial charge in [0.25, 0.3) is 0 Å². The van der Waals surface area contributed by atoms with Gasteiger partial charge in [-0.05, 0) is 60.9 Å². The molecule has 0 fully saturated rings. The third kappa shape index (κ3) is 3.82. The van der Waals surface area contributed by atoms with E-state index in [2.05, 4.69) is 52.3 Å². The molecule has 0 unspecified atom stereocenters. The maximum Gasteiger partial charge on any atom is 0.0211 e. The molecule has 2 aromatic carbocycles. The topological polar surface area (TPSA) is 36.1 Å². The monoisotopic (exact) mass is 283 g/mol. The molecular weight excluding hydrogens is 258 g/mol. The fourth-order valence-corrected chi connectivity index (χ4v) is 2.98. The Morgan fingerprint density at radius 1 is 0.571 bits per heavy atom. The molecular formula is C18H25N3. The minimum absolute atomic E-state index is 0.953. The van der Waals surface area contributed by atoms with E-state index in [4.69, 9.17) is 0 Å². The molecule has 0 saturated heterocycles. The van der Waals surface area contributed by atoms with Crippen LogP contribution in [-0.2, 0) is 13.1 Å². The second-order valence-electron chi connectivity index (χ2n) is 5.74. The van der Waals surface area contributed by atoms with Crippen molar-refractivity contribution in [2.24, 2.45) is 0 Å². The standard InChI is InChI=1S/C18H25N3/c1-2-6-18-16-8-7-15(17(18)5-1)13-20-11-3-9-19-10-4-12-21-14-16/h1-2,5-8,19-21H,3-4,9-14H2. The zero-order valence-corrected chi connectivity index (χ0v) is 12.6. The number of nitrogens with one attached hydrogen (secondary N) is 3. The van der Waals surface area contributed by atoms with Gasteiger partial charge in [0.1, 0.15) is 0 Å². The second-order valence-corrected chi connectivity index (χ2v) is 5.74. The van der Waals surface area contributed by atoms with Gasteiger partial charge in [-0.3, -0.25) is 0 Å². The molecule has 3 N–H and O–H groups in total. The van der Waals surface area contributed by atoms with Crippen LogP contribution in [0.3, 0.4) is 0 Å². The zero-order chi connectivity index (χ0) is 14.3. The molecule has 0 atom stereocenters. The van der Waals surface area contributed by atoms with E-state index in [1.54, 1.807) is 0 Å². The van der Waals surface area contributed by atoms with Gasteiger partial charge >= 0.3 is 0 Å². The molecule has 1 heterocycles. The summed E-state index contributed by atoms with van der Waals surface area (Å²) >= 11 is 0. The highest BCUT2D eigenvalue weighted by Crippen LogP contribution is 2.23. The lowest BCUT2D eigenvalue weighted by Crippen LogP contribution is -2.24. The average molecular weight is 283 g/mol. The third-order valence-electron chi connectivity index (χ3n) is 4.15. The van der Waals surface area contributed by atoms with Crippen molar-refractivity contribution in [2.75, 3.05) is 26.2 Å². The molecule has 2 bridgehead atoms. The fourth-order valence-electron chi connectivity index (χ4n) is 2.98. The molecule has 0 amide bonds. The SMILES string of the molecule is c1ccc2c3ccc(c2c1)CNCCCNCCCNC3. The first kappa shape index (κ1) is 14.5. The van der Waals surface area contributed by atoms with Gasteiger partial charge in [-0.15, -0.1) is 0 Å². The molecule has 112 valence electrons. The summed E-state index contributed by atoms with van der Waals surface area (Å²) in [5.41, 5.74) is 2.80. The Hall–Kier alpha value is -1.42. The Morgan fingerprint density at radius 2 is 1.05 bits per heavy atom. The van der Waals surface area contributed by atoms with Crippen molar-refractivity contribution in [3.05, 3.63) is 47.5 Å². The highest BCUT2D eigenvalue weighted by molar-refractivity contribution is 5.88. The molecule has 0 radical (unpaired) electrons. The quantitative estimate of drug-likeness (QED) is 0.695. The molecule has 0 spiro atoms. The van der Waals surface area contributed by atoms with Crippen LogP contribution in [0.25, 0.3) is 10.8 Å². The van der Waals surface area contributed by atoms with Crippen molar-refractivity contribution in [1.82, 2.24) is 16.0 Å². The van der Waals surface area contributed by atoms with E-state index in [1.165, 1.54) is 34.7 Å². The largest absolute Gasteiger partial charge is 0.317 e. The zero-order valence-electron chi connectivity index (χ0n) is 12.6. The number of fused-ring (bicyclic) bond motifs is 6. The summed E-state index contributed by atoms with van der Waals surface area (Å²) in [5, 5.41) is 13.4. The van der Waals surface area contributed by atoms with E-state index >= 15 is 0 Å². The predicted octanol–water partition coefficient (Wildman–Crippen LogP) is 2.40. The van der Waals surface area contributed by atoms with E-state index < -0.39 is 0 Å². The van der Waals surface area contributed by atoms with Crippen LogP contribution in [0.5, 0.6) is 0 Å². The van der Waals surface area contributed by atoms with Crippen molar-refractivity contribution in [3.8, 4) is 0 Å². The summed E-state index contributed by atoms with van der Waals surface area (Å²) in [6, 6.07) is 13.3. The summed E-state index contributed by atoms with van der Waals surface area (Å²) in [6.45, 7) is 6.25. The first-order chi connectivity index (χ1) is 10.4. The Morgan fingerprint density at radius 3 is 1.57 bits per heavy atom. The Labute approximate surface area is 127 Å². The molecule has 3 heteroatoms. The van der Waals surface area contributed by atoms with Crippen molar-refractivity contribution in [2.45, 2.75) is 25.9 Å². The smallest absolute Gasteiger partial charge is 0.0211 e. The predicted molar refractivity (Wildman–Crippen MR) is 89.5 cm³/mol. The summed E-state index contributed by atoms with van der Waals surface area (Å²) in [4.78, 5) is 0. The van der Waals surface area contributed by atoms with Crippen LogP contribution >= 0.6 is 0 Å². The van der Waals surface area contributed by atoms with Gasteiger partial charge in [-0.25, -0.2) is 0 Å². The number of benzene rings is 2. The fraction of sp³-hybridized carbons (Fsp3) is 0.444. The normalized spacial score (nSPS) is 18.3. The van der Waals surface area contributed by atoms with E-state index in [0.29, 0.717) is 0 Å². The van der Waals surface area contributed by atoms with Crippen molar-refractivity contribution < 1.29 is 0 Å². The van der Waals surface area contributed by atoms with Gasteiger partial charge in [-0.1, -0.05) is 36.4 Å². The number of rotatable bonds is 0. The van der Waals surface area contributed by atoms with E-state index in [0.717, 1.165) is 39.3 Å². The molecule has 3 nitrogen and oxygen atoms in total. The lowest BCUT2D eigenvalue weighted by atomic mass is 9.99. The van der Waals surface area contributed by atoms with E-state index in [-0.39, 0.29) is 0 Å². The van der Waals surface area contributed by atoms with E-state index in [9.17, 15) is 0 Å². The first-order valence-electron chi connectivity index (χ1n) is 8.07. The van der Waals surface area contributed by atoms with E-state index in [1.807, 2.05) is 0 Å². The van der Waals surface area contributed by atoms with Crippen molar-refractivity contribution in [3.63, 3.8) is 0 Å². The molecule has 1 aliphatic heterocycles. The Balaban J connectivity index is 1.86.